The van der Waals surface area contributed by atoms with E-state index >= 15 is 0 Å². The highest BCUT2D eigenvalue weighted by Crippen LogP contribution is 2.18. The lowest BCUT2D eigenvalue weighted by atomic mass is 10.2. The molecule has 0 saturated carbocycles. The highest BCUT2D eigenvalue weighted by atomic mass is 16.6. The fourth-order valence-electron chi connectivity index (χ4n) is 1.29. The van der Waals surface area contributed by atoms with Crippen LogP contribution in [0.2, 0.25) is 0 Å². The Bertz CT molecular complexity index is 332. The molecule has 1 saturated heterocycles. The SMILES string of the molecule is C=C1CN(C(=O)O)N(C(=O)OC(C)(C)C)C1. The Morgan fingerprint density at radius 2 is 1.81 bits per heavy atom. The van der Waals surface area contributed by atoms with Gasteiger partial charge in [-0.15, -0.1) is 0 Å². The van der Waals surface area contributed by atoms with Gasteiger partial charge < -0.3 is 9.84 Å². The zero-order valence-electron chi connectivity index (χ0n) is 9.69. The third kappa shape index (κ3) is 2.88. The zero-order valence-corrected chi connectivity index (χ0v) is 9.69. The van der Waals surface area contributed by atoms with Crippen LogP contribution in [0.1, 0.15) is 20.8 Å². The standard InChI is InChI=1S/C10H16N2O4/c1-7-5-11(8(13)14)12(6-7)9(15)16-10(2,3)4/h1,5-6H2,2-4H3,(H,13,14). The van der Waals surface area contributed by atoms with E-state index in [0.717, 1.165) is 10.0 Å². The van der Waals surface area contributed by atoms with Crippen LogP contribution in [0.15, 0.2) is 12.2 Å². The second kappa shape index (κ2) is 4.03. The highest BCUT2D eigenvalue weighted by molar-refractivity contribution is 5.75. The summed E-state index contributed by atoms with van der Waals surface area (Å²) < 4.78 is 5.09. The van der Waals surface area contributed by atoms with E-state index < -0.39 is 17.8 Å². The summed E-state index contributed by atoms with van der Waals surface area (Å²) >= 11 is 0. The van der Waals surface area contributed by atoms with E-state index in [-0.39, 0.29) is 13.1 Å². The summed E-state index contributed by atoms with van der Waals surface area (Å²) in [5.41, 5.74) is 0.0128. The lowest BCUT2D eigenvalue weighted by Crippen LogP contribution is -2.46. The zero-order chi connectivity index (χ0) is 12.5. The first-order valence-electron chi connectivity index (χ1n) is 4.88. The van der Waals surface area contributed by atoms with Crippen molar-refractivity contribution in [1.82, 2.24) is 10.0 Å². The summed E-state index contributed by atoms with van der Waals surface area (Å²) in [5, 5.41) is 10.8. The van der Waals surface area contributed by atoms with E-state index in [1.165, 1.54) is 0 Å². The number of hydrogen-bond acceptors (Lipinski definition) is 3. The molecule has 2 amide bonds. The first kappa shape index (κ1) is 12.4. The number of rotatable bonds is 0. The lowest BCUT2D eigenvalue weighted by molar-refractivity contribution is -0.0194. The van der Waals surface area contributed by atoms with E-state index in [1.54, 1.807) is 20.8 Å². The molecule has 0 aromatic heterocycles. The van der Waals surface area contributed by atoms with Crippen molar-refractivity contribution < 1.29 is 19.4 Å². The predicted octanol–water partition coefficient (Wildman–Crippen LogP) is 1.69. The molecule has 6 heteroatoms. The molecule has 1 aliphatic rings. The molecule has 0 spiro atoms. The van der Waals surface area contributed by atoms with Gasteiger partial charge in [-0.05, 0) is 26.3 Å². The van der Waals surface area contributed by atoms with Crippen molar-refractivity contribution in [2.75, 3.05) is 13.1 Å². The minimum Gasteiger partial charge on any atom is -0.464 e. The van der Waals surface area contributed by atoms with Gasteiger partial charge in [0.05, 0.1) is 13.1 Å². The first-order chi connectivity index (χ1) is 7.20. The molecule has 1 aliphatic heterocycles. The average molecular weight is 228 g/mol. The van der Waals surface area contributed by atoms with Crippen molar-refractivity contribution in [1.29, 1.82) is 0 Å². The molecule has 1 rings (SSSR count). The molecule has 0 aromatic carbocycles. The first-order valence-corrected chi connectivity index (χ1v) is 4.88. The molecule has 0 atom stereocenters. The lowest BCUT2D eigenvalue weighted by Gasteiger charge is -2.28. The summed E-state index contributed by atoms with van der Waals surface area (Å²) in [7, 11) is 0. The molecule has 0 aromatic rings. The summed E-state index contributed by atoms with van der Waals surface area (Å²) in [5.74, 6) is 0. The Morgan fingerprint density at radius 1 is 1.31 bits per heavy atom. The van der Waals surface area contributed by atoms with Gasteiger partial charge in [0.15, 0.2) is 0 Å². The summed E-state index contributed by atoms with van der Waals surface area (Å²) in [4.78, 5) is 22.5. The predicted molar refractivity (Wildman–Crippen MR) is 56.8 cm³/mol. The Balaban J connectivity index is 2.75. The number of carbonyl (C=O) groups excluding carboxylic acids is 1. The molecule has 1 fully saturated rings. The monoisotopic (exact) mass is 228 g/mol. The van der Waals surface area contributed by atoms with Crippen LogP contribution in [-0.2, 0) is 4.74 Å². The van der Waals surface area contributed by atoms with Crippen LogP contribution in [0, 0.1) is 0 Å². The van der Waals surface area contributed by atoms with Gasteiger partial charge in [0.1, 0.15) is 5.60 Å². The van der Waals surface area contributed by atoms with Crippen molar-refractivity contribution >= 4 is 12.2 Å². The molecule has 0 aliphatic carbocycles. The van der Waals surface area contributed by atoms with Gasteiger partial charge in [-0.2, -0.15) is 0 Å². The van der Waals surface area contributed by atoms with Crippen LogP contribution < -0.4 is 0 Å². The van der Waals surface area contributed by atoms with E-state index in [4.69, 9.17) is 9.84 Å². The van der Waals surface area contributed by atoms with E-state index in [1.807, 2.05) is 0 Å². The van der Waals surface area contributed by atoms with Crippen LogP contribution in [0.5, 0.6) is 0 Å². The topological polar surface area (TPSA) is 70.1 Å². The number of carboxylic acid groups (broad SMARTS) is 1. The number of hydrazine groups is 1. The molecule has 90 valence electrons. The summed E-state index contributed by atoms with van der Waals surface area (Å²) in [6.45, 7) is 9.15. The molecular weight excluding hydrogens is 212 g/mol. The van der Waals surface area contributed by atoms with Gasteiger partial charge in [0, 0.05) is 0 Å². The van der Waals surface area contributed by atoms with Crippen LogP contribution >= 0.6 is 0 Å². The van der Waals surface area contributed by atoms with E-state index in [9.17, 15) is 9.59 Å². The normalized spacial score (nSPS) is 16.6. The third-order valence-electron chi connectivity index (χ3n) is 1.86. The molecule has 1 N–H and O–H groups in total. The molecule has 0 bridgehead atoms. The third-order valence-corrected chi connectivity index (χ3v) is 1.86. The van der Waals surface area contributed by atoms with Crippen LogP contribution in [0.3, 0.4) is 0 Å². The molecule has 16 heavy (non-hydrogen) atoms. The van der Waals surface area contributed by atoms with Gasteiger partial charge in [0.2, 0.25) is 0 Å². The van der Waals surface area contributed by atoms with Crippen molar-refractivity contribution in [3.8, 4) is 0 Å². The van der Waals surface area contributed by atoms with Crippen LogP contribution in [-0.4, -0.2) is 46.0 Å². The Kier molecular flexibility index (Phi) is 3.11. The minimum atomic E-state index is -1.19. The number of amides is 2. The fourth-order valence-corrected chi connectivity index (χ4v) is 1.29. The Morgan fingerprint density at radius 3 is 2.25 bits per heavy atom. The number of hydrogen-bond donors (Lipinski definition) is 1. The molecule has 1 heterocycles. The van der Waals surface area contributed by atoms with E-state index in [2.05, 4.69) is 6.58 Å². The van der Waals surface area contributed by atoms with Gasteiger partial charge in [-0.25, -0.2) is 19.6 Å². The van der Waals surface area contributed by atoms with Gasteiger partial charge in [-0.1, -0.05) is 6.58 Å². The maximum absolute atomic E-state index is 11.7. The van der Waals surface area contributed by atoms with Crippen LogP contribution in [0.25, 0.3) is 0 Å². The van der Waals surface area contributed by atoms with Crippen molar-refractivity contribution in [3.05, 3.63) is 12.2 Å². The highest BCUT2D eigenvalue weighted by Gasteiger charge is 2.35. The van der Waals surface area contributed by atoms with Gasteiger partial charge in [-0.3, -0.25) is 0 Å². The smallest absolute Gasteiger partial charge is 0.429 e. The maximum Gasteiger partial charge on any atom is 0.429 e. The number of carbonyl (C=O) groups is 2. The Labute approximate surface area is 94.0 Å². The quantitative estimate of drug-likeness (QED) is 0.640. The fraction of sp³-hybridized carbons (Fsp3) is 0.600. The molecule has 6 nitrogen and oxygen atoms in total. The van der Waals surface area contributed by atoms with Crippen molar-refractivity contribution in [2.45, 2.75) is 26.4 Å². The van der Waals surface area contributed by atoms with Crippen molar-refractivity contribution in [3.63, 3.8) is 0 Å². The van der Waals surface area contributed by atoms with E-state index in [0.29, 0.717) is 5.57 Å². The second-order valence-corrected chi connectivity index (χ2v) is 4.63. The molecule has 0 unspecified atom stereocenters. The number of nitrogens with zero attached hydrogens (tertiary/aromatic N) is 2. The Hall–Kier alpha value is -1.72. The molecule has 0 radical (unpaired) electrons. The van der Waals surface area contributed by atoms with Gasteiger partial charge >= 0.3 is 12.2 Å². The number of ether oxygens (including phenoxy) is 1. The summed E-state index contributed by atoms with van der Waals surface area (Å²) in [6, 6.07) is 0. The maximum atomic E-state index is 11.7. The minimum absolute atomic E-state index is 0.134. The average Bonchev–Trinajstić information content (AvgIpc) is 2.44. The van der Waals surface area contributed by atoms with Crippen molar-refractivity contribution in [2.24, 2.45) is 0 Å². The van der Waals surface area contributed by atoms with Crippen LogP contribution in [0.4, 0.5) is 9.59 Å². The second-order valence-electron chi connectivity index (χ2n) is 4.63. The summed E-state index contributed by atoms with van der Waals surface area (Å²) in [6.07, 6.45) is -1.86. The van der Waals surface area contributed by atoms with Gasteiger partial charge in [0.25, 0.3) is 0 Å². The molecular formula is C10H16N2O4. The largest absolute Gasteiger partial charge is 0.464 e.